The molecule has 0 fully saturated rings. The molecule has 0 aliphatic carbocycles. The van der Waals surface area contributed by atoms with Gasteiger partial charge in [0.2, 0.25) is 5.82 Å². The van der Waals surface area contributed by atoms with Crippen LogP contribution < -0.4 is 0 Å². The Kier molecular flexibility index (Phi) is 2.79. The SMILES string of the molecule is Oc1ccc(-c2cccc(Cl)c2)c(F)c1F. The molecule has 1 N–H and O–H groups in total. The van der Waals surface area contributed by atoms with Crippen molar-refractivity contribution in [1.82, 2.24) is 0 Å². The molecule has 1 nitrogen and oxygen atoms in total. The summed E-state index contributed by atoms with van der Waals surface area (Å²) in [5.41, 5.74) is 0.529. The zero-order valence-electron chi connectivity index (χ0n) is 8.05. The van der Waals surface area contributed by atoms with Gasteiger partial charge in [0.05, 0.1) is 0 Å². The molecule has 0 saturated heterocycles. The van der Waals surface area contributed by atoms with Gasteiger partial charge in [0.1, 0.15) is 0 Å². The quantitative estimate of drug-likeness (QED) is 0.799. The van der Waals surface area contributed by atoms with E-state index in [0.717, 1.165) is 6.07 Å². The molecule has 0 atom stereocenters. The lowest BCUT2D eigenvalue weighted by Gasteiger charge is -2.05. The summed E-state index contributed by atoms with van der Waals surface area (Å²) in [5, 5.41) is 9.42. The maximum Gasteiger partial charge on any atom is 0.200 e. The molecule has 2 rings (SSSR count). The molecule has 0 heterocycles. The van der Waals surface area contributed by atoms with E-state index in [1.54, 1.807) is 18.2 Å². The van der Waals surface area contributed by atoms with Gasteiger partial charge >= 0.3 is 0 Å². The Hall–Kier alpha value is -1.61. The summed E-state index contributed by atoms with van der Waals surface area (Å²) in [6, 6.07) is 8.83. The summed E-state index contributed by atoms with van der Waals surface area (Å²) < 4.78 is 26.6. The van der Waals surface area contributed by atoms with Crippen molar-refractivity contribution in [2.45, 2.75) is 0 Å². The van der Waals surface area contributed by atoms with Crippen molar-refractivity contribution in [3.8, 4) is 16.9 Å². The molecule has 0 aliphatic heterocycles. The molecule has 0 bridgehead atoms. The molecule has 82 valence electrons. The number of hydrogen-bond donors (Lipinski definition) is 1. The van der Waals surface area contributed by atoms with Gasteiger partial charge in [-0.05, 0) is 29.8 Å². The van der Waals surface area contributed by atoms with Crippen LogP contribution in [0.4, 0.5) is 8.78 Å². The average molecular weight is 241 g/mol. The van der Waals surface area contributed by atoms with Gasteiger partial charge < -0.3 is 5.11 Å². The summed E-state index contributed by atoms with van der Waals surface area (Å²) in [6.45, 7) is 0. The van der Waals surface area contributed by atoms with Gasteiger partial charge in [-0.1, -0.05) is 23.7 Å². The molecule has 2 aromatic rings. The van der Waals surface area contributed by atoms with Crippen LogP contribution in [0.2, 0.25) is 5.02 Å². The van der Waals surface area contributed by atoms with Crippen LogP contribution in [-0.2, 0) is 0 Å². The molecule has 0 unspecified atom stereocenters. The average Bonchev–Trinajstić information content (AvgIpc) is 2.26. The molecule has 0 spiro atoms. The van der Waals surface area contributed by atoms with Gasteiger partial charge in [-0.3, -0.25) is 0 Å². The van der Waals surface area contributed by atoms with Crippen molar-refractivity contribution in [3.05, 3.63) is 53.1 Å². The Morgan fingerprint density at radius 3 is 2.44 bits per heavy atom. The van der Waals surface area contributed by atoms with Crippen LogP contribution in [0, 0.1) is 11.6 Å². The lowest BCUT2D eigenvalue weighted by molar-refractivity contribution is 0.408. The van der Waals surface area contributed by atoms with Crippen LogP contribution in [0.15, 0.2) is 36.4 Å². The molecule has 0 amide bonds. The Bertz CT molecular complexity index is 541. The Labute approximate surface area is 95.9 Å². The maximum atomic E-state index is 13.5. The van der Waals surface area contributed by atoms with E-state index in [9.17, 15) is 8.78 Å². The minimum Gasteiger partial charge on any atom is -0.505 e. The second-order valence-corrected chi connectivity index (χ2v) is 3.71. The van der Waals surface area contributed by atoms with E-state index in [1.165, 1.54) is 12.1 Å². The molecule has 4 heteroatoms. The number of benzene rings is 2. The van der Waals surface area contributed by atoms with E-state index in [0.29, 0.717) is 10.6 Å². The number of halogens is 3. The van der Waals surface area contributed by atoms with Crippen LogP contribution >= 0.6 is 11.6 Å². The highest BCUT2D eigenvalue weighted by atomic mass is 35.5. The summed E-state index contributed by atoms with van der Waals surface area (Å²) in [6.07, 6.45) is 0. The first-order valence-electron chi connectivity index (χ1n) is 4.52. The summed E-state index contributed by atoms with van der Waals surface area (Å²) in [4.78, 5) is 0. The Balaban J connectivity index is 2.61. The van der Waals surface area contributed by atoms with Gasteiger partial charge in [0, 0.05) is 10.6 Å². The number of phenols is 1. The smallest absolute Gasteiger partial charge is 0.200 e. The normalized spacial score (nSPS) is 10.4. The van der Waals surface area contributed by atoms with Gasteiger partial charge in [0.15, 0.2) is 11.6 Å². The van der Waals surface area contributed by atoms with Gasteiger partial charge in [-0.2, -0.15) is 4.39 Å². The second kappa shape index (κ2) is 4.10. The first-order chi connectivity index (χ1) is 7.59. The van der Waals surface area contributed by atoms with Crippen molar-refractivity contribution >= 4 is 11.6 Å². The van der Waals surface area contributed by atoms with Crippen molar-refractivity contribution in [3.63, 3.8) is 0 Å². The third-order valence-corrected chi connectivity index (χ3v) is 2.43. The molecule has 0 aromatic heterocycles. The number of aromatic hydroxyl groups is 1. The van der Waals surface area contributed by atoms with Crippen LogP contribution in [-0.4, -0.2) is 5.11 Å². The maximum absolute atomic E-state index is 13.5. The second-order valence-electron chi connectivity index (χ2n) is 3.27. The fourth-order valence-electron chi connectivity index (χ4n) is 1.42. The molecule has 0 aliphatic rings. The first kappa shape index (κ1) is 10.9. The lowest BCUT2D eigenvalue weighted by atomic mass is 10.0. The van der Waals surface area contributed by atoms with Crippen LogP contribution in [0.5, 0.6) is 5.75 Å². The minimum atomic E-state index is -1.25. The number of rotatable bonds is 1. The molecule has 0 radical (unpaired) electrons. The lowest BCUT2D eigenvalue weighted by Crippen LogP contribution is -1.90. The standard InChI is InChI=1S/C12H7ClF2O/c13-8-3-1-2-7(6-8)9-4-5-10(16)12(15)11(9)14/h1-6,16H. The molecular weight excluding hydrogens is 234 g/mol. The zero-order chi connectivity index (χ0) is 11.7. The molecule has 2 aromatic carbocycles. The van der Waals surface area contributed by atoms with Crippen molar-refractivity contribution < 1.29 is 13.9 Å². The van der Waals surface area contributed by atoms with Gasteiger partial charge in [-0.15, -0.1) is 0 Å². The Morgan fingerprint density at radius 1 is 1.00 bits per heavy atom. The van der Waals surface area contributed by atoms with E-state index in [2.05, 4.69) is 0 Å². The fraction of sp³-hybridized carbons (Fsp3) is 0. The van der Waals surface area contributed by atoms with Crippen molar-refractivity contribution in [2.24, 2.45) is 0 Å². The first-order valence-corrected chi connectivity index (χ1v) is 4.90. The van der Waals surface area contributed by atoms with Gasteiger partial charge in [-0.25, -0.2) is 4.39 Å². The Morgan fingerprint density at radius 2 is 1.75 bits per heavy atom. The topological polar surface area (TPSA) is 20.2 Å². The van der Waals surface area contributed by atoms with E-state index >= 15 is 0 Å². The summed E-state index contributed by atoms with van der Waals surface area (Å²) >= 11 is 5.75. The molecular formula is C12H7ClF2O. The van der Waals surface area contributed by atoms with E-state index < -0.39 is 17.4 Å². The van der Waals surface area contributed by atoms with E-state index in [1.807, 2.05) is 0 Å². The monoisotopic (exact) mass is 240 g/mol. The van der Waals surface area contributed by atoms with Crippen molar-refractivity contribution in [2.75, 3.05) is 0 Å². The minimum absolute atomic E-state index is 0.0674. The van der Waals surface area contributed by atoms with Gasteiger partial charge in [0.25, 0.3) is 0 Å². The summed E-state index contributed by atoms with van der Waals surface area (Å²) in [7, 11) is 0. The highest BCUT2D eigenvalue weighted by molar-refractivity contribution is 6.30. The number of hydrogen-bond acceptors (Lipinski definition) is 1. The predicted molar refractivity (Wildman–Crippen MR) is 58.5 cm³/mol. The van der Waals surface area contributed by atoms with Crippen LogP contribution in [0.3, 0.4) is 0 Å². The van der Waals surface area contributed by atoms with Crippen LogP contribution in [0.25, 0.3) is 11.1 Å². The largest absolute Gasteiger partial charge is 0.505 e. The molecule has 16 heavy (non-hydrogen) atoms. The predicted octanol–water partition coefficient (Wildman–Crippen LogP) is 3.99. The van der Waals surface area contributed by atoms with Crippen LogP contribution in [0.1, 0.15) is 0 Å². The fourth-order valence-corrected chi connectivity index (χ4v) is 1.61. The highest BCUT2D eigenvalue weighted by Crippen LogP contribution is 2.30. The van der Waals surface area contributed by atoms with Crippen molar-refractivity contribution in [1.29, 1.82) is 0 Å². The number of phenolic OH excluding ortho intramolecular Hbond substituents is 1. The summed E-state index contributed by atoms with van der Waals surface area (Å²) in [5.74, 6) is -3.04. The van der Waals surface area contributed by atoms with E-state index in [4.69, 9.17) is 16.7 Å². The van der Waals surface area contributed by atoms with E-state index in [-0.39, 0.29) is 5.56 Å². The molecule has 0 saturated carbocycles. The third-order valence-electron chi connectivity index (χ3n) is 2.20. The third kappa shape index (κ3) is 1.86. The zero-order valence-corrected chi connectivity index (χ0v) is 8.80. The highest BCUT2D eigenvalue weighted by Gasteiger charge is 2.13.